The molecular formula is C22H16N2O4. The molecule has 138 valence electrons. The van der Waals surface area contributed by atoms with Gasteiger partial charge in [-0.05, 0) is 42.5 Å². The molecule has 0 aliphatic heterocycles. The Morgan fingerprint density at radius 2 is 1.36 bits per heavy atom. The van der Waals surface area contributed by atoms with Crippen LogP contribution in [0.15, 0.2) is 83.7 Å². The Kier molecular flexibility index (Phi) is 4.60. The third-order valence-corrected chi connectivity index (χ3v) is 4.16. The van der Waals surface area contributed by atoms with Crippen molar-refractivity contribution in [3.63, 3.8) is 0 Å². The van der Waals surface area contributed by atoms with Crippen molar-refractivity contribution in [1.82, 2.24) is 9.78 Å². The predicted octanol–water partition coefficient (Wildman–Crippen LogP) is 3.95. The first-order valence-corrected chi connectivity index (χ1v) is 8.63. The molecule has 4 rings (SSSR count). The highest BCUT2D eigenvalue weighted by Crippen LogP contribution is 2.24. The van der Waals surface area contributed by atoms with E-state index in [2.05, 4.69) is 5.10 Å². The van der Waals surface area contributed by atoms with Gasteiger partial charge in [-0.25, -0.2) is 9.48 Å². The topological polar surface area (TPSA) is 70.4 Å². The van der Waals surface area contributed by atoms with Gasteiger partial charge in [0.05, 0.1) is 5.39 Å². The molecule has 0 bridgehead atoms. The maximum Gasteiger partial charge on any atom is 0.364 e. The van der Waals surface area contributed by atoms with Crippen LogP contribution in [0.2, 0.25) is 0 Å². The van der Waals surface area contributed by atoms with E-state index in [9.17, 15) is 9.59 Å². The molecule has 1 heterocycles. The SMILES string of the molecule is Cn1nc(C(=O)Oc2ccc(Oc3ccccc3)cc2)c2ccccc2c1=O. The van der Waals surface area contributed by atoms with E-state index < -0.39 is 5.97 Å². The normalized spacial score (nSPS) is 10.6. The van der Waals surface area contributed by atoms with Gasteiger partial charge in [0, 0.05) is 12.4 Å². The maximum atomic E-state index is 12.6. The van der Waals surface area contributed by atoms with Gasteiger partial charge in [-0.1, -0.05) is 36.4 Å². The third kappa shape index (κ3) is 3.48. The molecular weight excluding hydrogens is 356 g/mol. The fraction of sp³-hybridized carbons (Fsp3) is 0.0455. The molecule has 0 unspecified atom stereocenters. The predicted molar refractivity (Wildman–Crippen MR) is 105 cm³/mol. The lowest BCUT2D eigenvalue weighted by molar-refractivity contribution is 0.0728. The summed E-state index contributed by atoms with van der Waals surface area (Å²) >= 11 is 0. The van der Waals surface area contributed by atoms with Crippen molar-refractivity contribution in [2.75, 3.05) is 0 Å². The highest BCUT2D eigenvalue weighted by atomic mass is 16.5. The summed E-state index contributed by atoms with van der Waals surface area (Å²) in [5, 5.41) is 4.95. The zero-order valence-corrected chi connectivity index (χ0v) is 15.0. The highest BCUT2D eigenvalue weighted by Gasteiger charge is 2.17. The zero-order chi connectivity index (χ0) is 19.5. The number of esters is 1. The van der Waals surface area contributed by atoms with Gasteiger partial charge < -0.3 is 9.47 Å². The minimum atomic E-state index is -0.636. The first-order chi connectivity index (χ1) is 13.6. The lowest BCUT2D eigenvalue weighted by atomic mass is 10.1. The summed E-state index contributed by atoms with van der Waals surface area (Å²) in [6.45, 7) is 0. The number of aromatic nitrogens is 2. The molecule has 0 fully saturated rings. The van der Waals surface area contributed by atoms with Crippen molar-refractivity contribution in [2.24, 2.45) is 7.05 Å². The van der Waals surface area contributed by atoms with E-state index in [1.165, 1.54) is 7.05 Å². The summed E-state index contributed by atoms with van der Waals surface area (Å²) in [7, 11) is 1.50. The number of para-hydroxylation sites is 1. The lowest BCUT2D eigenvalue weighted by Gasteiger charge is -2.09. The van der Waals surface area contributed by atoms with Gasteiger partial charge in [0.2, 0.25) is 0 Å². The van der Waals surface area contributed by atoms with E-state index in [1.807, 2.05) is 30.3 Å². The number of hydrogen-bond acceptors (Lipinski definition) is 5. The van der Waals surface area contributed by atoms with Crippen LogP contribution in [0.3, 0.4) is 0 Å². The van der Waals surface area contributed by atoms with Crippen molar-refractivity contribution in [1.29, 1.82) is 0 Å². The van der Waals surface area contributed by atoms with Crippen LogP contribution in [-0.2, 0) is 7.05 Å². The molecule has 0 aliphatic rings. The van der Waals surface area contributed by atoms with E-state index in [0.717, 1.165) is 4.68 Å². The van der Waals surface area contributed by atoms with Crippen molar-refractivity contribution in [3.8, 4) is 17.2 Å². The molecule has 6 heteroatoms. The number of fused-ring (bicyclic) bond motifs is 1. The molecule has 6 nitrogen and oxygen atoms in total. The Morgan fingerprint density at radius 3 is 2.07 bits per heavy atom. The van der Waals surface area contributed by atoms with Crippen LogP contribution < -0.4 is 15.0 Å². The van der Waals surface area contributed by atoms with Crippen LogP contribution in [0.4, 0.5) is 0 Å². The highest BCUT2D eigenvalue weighted by molar-refractivity contribution is 6.02. The van der Waals surface area contributed by atoms with Crippen LogP contribution in [0.25, 0.3) is 10.8 Å². The van der Waals surface area contributed by atoms with Gasteiger partial charge in [-0.2, -0.15) is 5.10 Å². The zero-order valence-electron chi connectivity index (χ0n) is 15.0. The quantitative estimate of drug-likeness (QED) is 0.401. The molecule has 0 saturated carbocycles. The molecule has 0 saturated heterocycles. The molecule has 1 aromatic heterocycles. The number of aryl methyl sites for hydroxylation is 1. The van der Waals surface area contributed by atoms with Crippen molar-refractivity contribution in [2.45, 2.75) is 0 Å². The number of ether oxygens (including phenoxy) is 2. The van der Waals surface area contributed by atoms with E-state index in [-0.39, 0.29) is 11.3 Å². The number of carbonyl (C=O) groups is 1. The number of nitrogens with zero attached hydrogens (tertiary/aromatic N) is 2. The van der Waals surface area contributed by atoms with Crippen LogP contribution in [0.1, 0.15) is 10.5 Å². The van der Waals surface area contributed by atoms with Crippen LogP contribution in [0, 0.1) is 0 Å². The van der Waals surface area contributed by atoms with Crippen LogP contribution >= 0.6 is 0 Å². The summed E-state index contributed by atoms with van der Waals surface area (Å²) in [5.74, 6) is 1.05. The molecule has 0 N–H and O–H groups in total. The second kappa shape index (κ2) is 7.36. The molecule has 0 spiro atoms. The molecule has 0 amide bonds. The Labute approximate surface area is 160 Å². The van der Waals surface area contributed by atoms with Crippen LogP contribution in [0.5, 0.6) is 17.2 Å². The van der Waals surface area contributed by atoms with E-state index in [0.29, 0.717) is 28.0 Å². The van der Waals surface area contributed by atoms with Gasteiger partial charge in [0.25, 0.3) is 5.56 Å². The first kappa shape index (κ1) is 17.5. The molecule has 0 aliphatic carbocycles. The second-order valence-electron chi connectivity index (χ2n) is 6.10. The van der Waals surface area contributed by atoms with E-state index in [1.54, 1.807) is 48.5 Å². The van der Waals surface area contributed by atoms with Gasteiger partial charge in [0.1, 0.15) is 17.2 Å². The standard InChI is InChI=1S/C22H16N2O4/c1-24-21(25)19-10-6-5-9-18(19)20(23-24)22(26)28-17-13-11-16(12-14-17)27-15-7-3-2-4-8-15/h2-14H,1H3. The smallest absolute Gasteiger partial charge is 0.364 e. The third-order valence-electron chi connectivity index (χ3n) is 4.16. The van der Waals surface area contributed by atoms with Crippen molar-refractivity contribution >= 4 is 16.7 Å². The minimum Gasteiger partial charge on any atom is -0.457 e. The maximum absolute atomic E-state index is 12.6. The van der Waals surface area contributed by atoms with Gasteiger partial charge in [0.15, 0.2) is 5.69 Å². The van der Waals surface area contributed by atoms with Gasteiger partial charge >= 0.3 is 5.97 Å². The summed E-state index contributed by atoms with van der Waals surface area (Å²) in [5.41, 5.74) is -0.183. The fourth-order valence-electron chi connectivity index (χ4n) is 2.81. The number of carbonyl (C=O) groups excluding carboxylic acids is 1. The van der Waals surface area contributed by atoms with Crippen molar-refractivity contribution in [3.05, 3.63) is 94.9 Å². The molecule has 4 aromatic rings. The van der Waals surface area contributed by atoms with E-state index in [4.69, 9.17) is 9.47 Å². The number of rotatable bonds is 4. The van der Waals surface area contributed by atoms with Gasteiger partial charge in [-0.15, -0.1) is 0 Å². The molecule has 28 heavy (non-hydrogen) atoms. The Morgan fingerprint density at radius 1 is 0.786 bits per heavy atom. The number of hydrogen-bond donors (Lipinski definition) is 0. The average Bonchev–Trinajstić information content (AvgIpc) is 2.73. The molecule has 0 radical (unpaired) electrons. The monoisotopic (exact) mass is 372 g/mol. The van der Waals surface area contributed by atoms with Crippen LogP contribution in [-0.4, -0.2) is 15.7 Å². The summed E-state index contributed by atoms with van der Waals surface area (Å²) in [4.78, 5) is 24.8. The summed E-state index contributed by atoms with van der Waals surface area (Å²) in [6, 6.07) is 22.9. The van der Waals surface area contributed by atoms with E-state index >= 15 is 0 Å². The summed E-state index contributed by atoms with van der Waals surface area (Å²) < 4.78 is 12.3. The Hall–Kier alpha value is -3.93. The largest absolute Gasteiger partial charge is 0.457 e. The second-order valence-corrected chi connectivity index (χ2v) is 6.10. The van der Waals surface area contributed by atoms with Gasteiger partial charge in [-0.3, -0.25) is 4.79 Å². The first-order valence-electron chi connectivity index (χ1n) is 8.63. The fourth-order valence-corrected chi connectivity index (χ4v) is 2.81. The lowest BCUT2D eigenvalue weighted by Crippen LogP contribution is -2.24. The van der Waals surface area contributed by atoms with Crippen molar-refractivity contribution < 1.29 is 14.3 Å². The number of benzene rings is 3. The Balaban J connectivity index is 1.57. The molecule has 3 aromatic carbocycles. The average molecular weight is 372 g/mol. The summed E-state index contributed by atoms with van der Waals surface area (Å²) in [6.07, 6.45) is 0. The molecule has 0 atom stereocenters. The Bertz CT molecular complexity index is 1200. The minimum absolute atomic E-state index is 0.0855.